The first-order valence-corrected chi connectivity index (χ1v) is 12.8. The molecule has 0 aliphatic carbocycles. The highest BCUT2D eigenvalue weighted by Gasteiger charge is 2.40. The Kier molecular flexibility index (Phi) is 8.97. The van der Waals surface area contributed by atoms with Crippen LogP contribution in [0.25, 0.3) is 0 Å². The first-order valence-electron chi connectivity index (χ1n) is 12.8. The van der Waals surface area contributed by atoms with Gasteiger partial charge in [-0.25, -0.2) is 4.79 Å². The van der Waals surface area contributed by atoms with Crippen molar-refractivity contribution >= 4 is 17.7 Å². The van der Waals surface area contributed by atoms with Crippen LogP contribution >= 0.6 is 0 Å². The molecule has 1 aliphatic rings. The predicted octanol–water partition coefficient (Wildman–Crippen LogP) is 8.21. The molecule has 4 rings (SSSR count). The number of amides is 2. The smallest absolute Gasteiger partial charge is 0.416 e. The lowest BCUT2D eigenvalue weighted by molar-refractivity contribution is -0.143. The molecule has 1 heterocycles. The third kappa shape index (κ3) is 8.20. The number of rotatable bonds is 5. The lowest BCUT2D eigenvalue weighted by Gasteiger charge is -2.39. The summed E-state index contributed by atoms with van der Waals surface area (Å²) in [6.45, 7) is -0.185. The SMILES string of the molecule is O=C(Nc1cccc(C(F)(F)F)c1)OC1CCN(C(=O)c2cc(C(F)(F)F)cc(C(F)(F)F)c2)C(Cc2ccccc2)C1. The molecule has 3 aromatic rings. The zero-order valence-electron chi connectivity index (χ0n) is 22.0. The molecular formula is C29H23F9N2O3. The van der Waals surface area contributed by atoms with Gasteiger partial charge in [-0.3, -0.25) is 10.1 Å². The van der Waals surface area contributed by atoms with Gasteiger partial charge in [0.05, 0.1) is 16.7 Å². The first-order chi connectivity index (χ1) is 20.0. The van der Waals surface area contributed by atoms with Gasteiger partial charge in [-0.05, 0) is 48.4 Å². The van der Waals surface area contributed by atoms with E-state index in [1.807, 2.05) is 0 Å². The van der Waals surface area contributed by atoms with Crippen LogP contribution < -0.4 is 5.32 Å². The van der Waals surface area contributed by atoms with Crippen molar-refractivity contribution in [3.8, 4) is 0 Å². The van der Waals surface area contributed by atoms with Crippen LogP contribution in [0.4, 0.5) is 50.0 Å². The number of alkyl halides is 9. The number of ether oxygens (including phenoxy) is 1. The number of nitrogens with zero attached hydrogens (tertiary/aromatic N) is 1. The molecule has 0 saturated carbocycles. The number of hydrogen-bond donors (Lipinski definition) is 1. The largest absolute Gasteiger partial charge is 0.446 e. The van der Waals surface area contributed by atoms with Crippen LogP contribution in [0.3, 0.4) is 0 Å². The lowest BCUT2D eigenvalue weighted by atomic mass is 9.92. The predicted molar refractivity (Wildman–Crippen MR) is 136 cm³/mol. The van der Waals surface area contributed by atoms with E-state index in [4.69, 9.17) is 4.74 Å². The molecule has 2 amide bonds. The van der Waals surface area contributed by atoms with E-state index in [-0.39, 0.29) is 37.6 Å². The van der Waals surface area contributed by atoms with Crippen molar-refractivity contribution in [3.63, 3.8) is 0 Å². The highest BCUT2D eigenvalue weighted by Crippen LogP contribution is 2.37. The van der Waals surface area contributed by atoms with E-state index >= 15 is 0 Å². The van der Waals surface area contributed by atoms with Crippen LogP contribution in [0.5, 0.6) is 0 Å². The van der Waals surface area contributed by atoms with Crippen LogP contribution in [0.1, 0.15) is 45.5 Å². The van der Waals surface area contributed by atoms with E-state index in [2.05, 4.69) is 5.32 Å². The van der Waals surface area contributed by atoms with E-state index in [1.165, 1.54) is 6.07 Å². The lowest BCUT2D eigenvalue weighted by Crippen LogP contribution is -2.49. The Morgan fingerprint density at radius 2 is 1.37 bits per heavy atom. The van der Waals surface area contributed by atoms with Crippen molar-refractivity contribution in [1.29, 1.82) is 0 Å². The maximum absolute atomic E-state index is 13.4. The molecule has 0 spiro atoms. The summed E-state index contributed by atoms with van der Waals surface area (Å²) in [5, 5.41) is 2.21. The van der Waals surface area contributed by atoms with Crippen molar-refractivity contribution in [2.45, 2.75) is 49.9 Å². The quantitative estimate of drug-likeness (QED) is 0.294. The Morgan fingerprint density at radius 3 is 1.95 bits per heavy atom. The molecule has 1 aliphatic heterocycles. The molecule has 2 atom stereocenters. The number of piperidine rings is 1. The summed E-state index contributed by atoms with van der Waals surface area (Å²) in [5.41, 5.74) is -4.55. The summed E-state index contributed by atoms with van der Waals surface area (Å²) in [7, 11) is 0. The number of halogens is 9. The molecule has 0 aromatic heterocycles. The maximum Gasteiger partial charge on any atom is 0.416 e. The van der Waals surface area contributed by atoms with Crippen LogP contribution in [-0.4, -0.2) is 35.6 Å². The minimum Gasteiger partial charge on any atom is -0.446 e. The van der Waals surface area contributed by atoms with E-state index in [9.17, 15) is 49.1 Å². The van der Waals surface area contributed by atoms with Crippen LogP contribution in [0, 0.1) is 0 Å². The van der Waals surface area contributed by atoms with Gasteiger partial charge in [0.15, 0.2) is 0 Å². The number of likely N-dealkylation sites (tertiary alicyclic amines) is 1. The molecule has 2 unspecified atom stereocenters. The molecule has 230 valence electrons. The van der Waals surface area contributed by atoms with Crippen molar-refractivity contribution in [3.05, 3.63) is 101 Å². The molecule has 1 fully saturated rings. The van der Waals surface area contributed by atoms with Crippen LogP contribution in [0.2, 0.25) is 0 Å². The average Bonchev–Trinajstić information content (AvgIpc) is 2.92. The highest BCUT2D eigenvalue weighted by atomic mass is 19.4. The Morgan fingerprint density at radius 1 is 0.767 bits per heavy atom. The monoisotopic (exact) mass is 618 g/mol. The number of hydrogen-bond acceptors (Lipinski definition) is 3. The Bertz CT molecular complexity index is 1420. The summed E-state index contributed by atoms with van der Waals surface area (Å²) in [6, 6.07) is 12.2. The molecule has 43 heavy (non-hydrogen) atoms. The highest BCUT2D eigenvalue weighted by molar-refractivity contribution is 5.95. The average molecular weight is 618 g/mol. The molecule has 5 nitrogen and oxygen atoms in total. The van der Waals surface area contributed by atoms with Gasteiger partial charge in [0.1, 0.15) is 6.10 Å². The number of carbonyl (C=O) groups is 2. The molecular weight excluding hydrogens is 595 g/mol. The zero-order valence-corrected chi connectivity index (χ0v) is 22.0. The second-order valence-corrected chi connectivity index (χ2v) is 9.89. The summed E-state index contributed by atoms with van der Waals surface area (Å²) in [5.74, 6) is -1.07. The summed E-state index contributed by atoms with van der Waals surface area (Å²) >= 11 is 0. The molecule has 14 heteroatoms. The second-order valence-electron chi connectivity index (χ2n) is 9.89. The fraction of sp³-hybridized carbons (Fsp3) is 0.310. The summed E-state index contributed by atoms with van der Waals surface area (Å²) in [4.78, 5) is 27.1. The van der Waals surface area contributed by atoms with Crippen molar-refractivity contribution in [2.24, 2.45) is 0 Å². The second kappa shape index (κ2) is 12.2. The van der Waals surface area contributed by atoms with Crippen molar-refractivity contribution in [1.82, 2.24) is 4.90 Å². The maximum atomic E-state index is 13.4. The molecule has 0 bridgehead atoms. The van der Waals surface area contributed by atoms with Crippen LogP contribution in [-0.2, 0) is 29.7 Å². The van der Waals surface area contributed by atoms with E-state index in [0.717, 1.165) is 17.0 Å². The van der Waals surface area contributed by atoms with Gasteiger partial charge in [-0.2, -0.15) is 39.5 Å². The standard InChI is InChI=1S/C29H23F9N2O3/c30-27(31,32)19-7-4-8-22(15-19)39-26(42)43-24-9-10-40(23(16-24)11-17-5-2-1-3-6-17)25(41)18-12-20(28(33,34)35)14-21(13-18)29(36,37)38/h1-8,12-15,23-24H,9-11,16H2,(H,39,42). The van der Waals surface area contributed by atoms with Gasteiger partial charge < -0.3 is 9.64 Å². The Hall–Kier alpha value is -4.23. The third-order valence-corrected chi connectivity index (χ3v) is 6.79. The van der Waals surface area contributed by atoms with Crippen LogP contribution in [0.15, 0.2) is 72.8 Å². The van der Waals surface area contributed by atoms with Gasteiger partial charge in [-0.1, -0.05) is 36.4 Å². The molecule has 1 N–H and O–H groups in total. The van der Waals surface area contributed by atoms with E-state index < -0.39 is 64.9 Å². The fourth-order valence-corrected chi connectivity index (χ4v) is 4.78. The van der Waals surface area contributed by atoms with Gasteiger partial charge in [-0.15, -0.1) is 0 Å². The van der Waals surface area contributed by atoms with E-state index in [0.29, 0.717) is 23.8 Å². The normalized spacial score (nSPS) is 17.8. The number of benzene rings is 3. The Balaban J connectivity index is 1.56. The van der Waals surface area contributed by atoms with Gasteiger partial charge in [0.2, 0.25) is 0 Å². The zero-order chi connectivity index (χ0) is 31.6. The van der Waals surface area contributed by atoms with E-state index in [1.54, 1.807) is 30.3 Å². The molecule has 1 saturated heterocycles. The number of nitrogens with one attached hydrogen (secondary N) is 1. The van der Waals surface area contributed by atoms with Crippen molar-refractivity contribution in [2.75, 3.05) is 11.9 Å². The summed E-state index contributed by atoms with van der Waals surface area (Å²) in [6.07, 6.45) is -16.8. The third-order valence-electron chi connectivity index (χ3n) is 6.79. The topological polar surface area (TPSA) is 58.6 Å². The number of carbonyl (C=O) groups excluding carboxylic acids is 2. The van der Waals surface area contributed by atoms with Gasteiger partial charge >= 0.3 is 24.6 Å². The summed E-state index contributed by atoms with van der Waals surface area (Å²) < 4.78 is 125. The van der Waals surface area contributed by atoms with Gasteiger partial charge in [0.25, 0.3) is 5.91 Å². The Labute approximate surface area is 239 Å². The molecule has 3 aromatic carbocycles. The van der Waals surface area contributed by atoms with Gasteiger partial charge in [0, 0.05) is 36.7 Å². The van der Waals surface area contributed by atoms with Crippen molar-refractivity contribution < 1.29 is 53.8 Å². The minimum absolute atomic E-state index is 0.0296. The first kappa shape index (κ1) is 31.7. The minimum atomic E-state index is -5.15. The molecule has 0 radical (unpaired) electrons. The number of anilines is 1. The fourth-order valence-electron chi connectivity index (χ4n) is 4.78.